The first-order valence-electron chi connectivity index (χ1n) is 11.7. The first kappa shape index (κ1) is 24.3. The fourth-order valence-electron chi connectivity index (χ4n) is 3.85. The monoisotopic (exact) mass is 486 g/mol. The van der Waals surface area contributed by atoms with E-state index in [1.54, 1.807) is 18.3 Å². The lowest BCUT2D eigenvalue weighted by Gasteiger charge is -2.12. The first-order valence-corrected chi connectivity index (χ1v) is 13.3. The highest BCUT2D eigenvalue weighted by atomic mass is 32.2. The number of amides is 1. The highest BCUT2D eigenvalue weighted by molar-refractivity contribution is 7.91. The normalized spacial score (nSPS) is 17.0. The van der Waals surface area contributed by atoms with Gasteiger partial charge in [0.1, 0.15) is 6.10 Å². The van der Waals surface area contributed by atoms with Crippen LogP contribution < -0.4 is 5.32 Å². The van der Waals surface area contributed by atoms with Gasteiger partial charge >= 0.3 is 0 Å². The summed E-state index contributed by atoms with van der Waals surface area (Å²) in [5, 5.41) is 6.90. The van der Waals surface area contributed by atoms with Gasteiger partial charge in [0, 0.05) is 25.2 Å². The third kappa shape index (κ3) is 6.38. The summed E-state index contributed by atoms with van der Waals surface area (Å²) in [6.07, 6.45) is 9.77. The summed E-state index contributed by atoms with van der Waals surface area (Å²) < 4.78 is 30.0. The molecule has 0 unspecified atom stereocenters. The zero-order valence-corrected chi connectivity index (χ0v) is 20.1. The van der Waals surface area contributed by atoms with Gasteiger partial charge < -0.3 is 14.9 Å². The molecule has 1 heterocycles. The molecule has 1 aromatic heterocycles. The number of hydrogen-bond acceptors (Lipinski definition) is 8. The number of carbonyl (C=O) groups is 1. The van der Waals surface area contributed by atoms with E-state index in [0.29, 0.717) is 30.3 Å². The second-order valence-electron chi connectivity index (χ2n) is 8.70. The molecular weight excluding hydrogens is 456 g/mol. The van der Waals surface area contributed by atoms with E-state index < -0.39 is 15.7 Å². The van der Waals surface area contributed by atoms with Gasteiger partial charge in [0.2, 0.25) is 0 Å². The lowest BCUT2D eigenvalue weighted by Crippen LogP contribution is -2.25. The summed E-state index contributed by atoms with van der Waals surface area (Å²) in [6.45, 7) is 0.372. The molecule has 2 aliphatic carbocycles. The van der Waals surface area contributed by atoms with Gasteiger partial charge in [-0.05, 0) is 57.1 Å². The molecule has 0 atom stereocenters. The summed E-state index contributed by atoms with van der Waals surface area (Å²) in [5.41, 5.74) is 1.44. The molecule has 0 aliphatic heterocycles. The molecule has 0 spiro atoms. The number of methoxy groups -OCH3 is 1. The summed E-state index contributed by atoms with van der Waals surface area (Å²) >= 11 is 0. The lowest BCUT2D eigenvalue weighted by molar-refractivity contribution is -0.110. The number of carbonyl (C=O) groups excluding carboxylic acids is 1. The van der Waals surface area contributed by atoms with Crippen LogP contribution in [0, 0.1) is 0 Å². The molecule has 2 fully saturated rings. The van der Waals surface area contributed by atoms with E-state index >= 15 is 0 Å². The van der Waals surface area contributed by atoms with E-state index in [1.807, 2.05) is 0 Å². The van der Waals surface area contributed by atoms with Crippen LogP contribution in [0.2, 0.25) is 0 Å². The van der Waals surface area contributed by atoms with E-state index in [2.05, 4.69) is 20.4 Å². The fraction of sp³-hybridized carbons (Fsp3) is 0.500. The minimum atomic E-state index is -3.45. The number of nitrogens with zero attached hydrogens (tertiary/aromatic N) is 3. The highest BCUT2D eigenvalue weighted by Gasteiger charge is 2.26. The predicted molar refractivity (Wildman–Crippen MR) is 128 cm³/mol. The molecule has 34 heavy (non-hydrogen) atoms. The van der Waals surface area contributed by atoms with Crippen LogP contribution >= 0.6 is 0 Å². The van der Waals surface area contributed by atoms with Crippen molar-refractivity contribution in [2.45, 2.75) is 61.9 Å². The van der Waals surface area contributed by atoms with Crippen LogP contribution in [0.4, 0.5) is 5.82 Å². The van der Waals surface area contributed by atoms with Crippen molar-refractivity contribution in [1.82, 2.24) is 9.97 Å². The number of benzene rings is 1. The Bertz CT molecular complexity index is 1110. The minimum Gasteiger partial charge on any atom is -0.392 e. The standard InChI is InChI=1S/C24H30N4O5S/c1-32-13-4-14-34(30,31)20-11-9-18(10-12-20)23(28-33-19-5-2-3-6-19)24(29)27-22-16-25-21(15-26-22)17-7-8-17/h9-12,15-17,19H,2-8,13-14H2,1H3,(H,26,27,29)/b28-23+. The topological polar surface area (TPSA) is 120 Å². The van der Waals surface area contributed by atoms with Crippen LogP contribution in [0.25, 0.3) is 0 Å². The molecule has 1 N–H and O–H groups in total. The van der Waals surface area contributed by atoms with Gasteiger partial charge in [-0.15, -0.1) is 0 Å². The fourth-order valence-corrected chi connectivity index (χ4v) is 5.13. The summed E-state index contributed by atoms with van der Waals surface area (Å²) in [5.74, 6) is 0.281. The third-order valence-electron chi connectivity index (χ3n) is 5.97. The average molecular weight is 487 g/mol. The van der Waals surface area contributed by atoms with Gasteiger partial charge in [-0.1, -0.05) is 17.3 Å². The number of nitrogens with one attached hydrogen (secondary N) is 1. The predicted octanol–water partition coefficient (Wildman–Crippen LogP) is 3.47. The van der Waals surface area contributed by atoms with Gasteiger partial charge in [-0.25, -0.2) is 13.4 Å². The average Bonchev–Trinajstić information content (AvgIpc) is 3.55. The SMILES string of the molecule is COCCCS(=O)(=O)c1ccc(/C(=N\OC2CCCC2)C(=O)Nc2cnc(C3CC3)cn2)cc1. The molecule has 10 heteroatoms. The number of anilines is 1. The van der Waals surface area contributed by atoms with Crippen molar-refractivity contribution in [2.75, 3.05) is 24.8 Å². The van der Waals surface area contributed by atoms with E-state index in [0.717, 1.165) is 44.2 Å². The first-order chi connectivity index (χ1) is 16.5. The third-order valence-corrected chi connectivity index (χ3v) is 7.78. The zero-order chi connectivity index (χ0) is 24.0. The molecular formula is C24H30N4O5S. The number of sulfone groups is 1. The quantitative estimate of drug-likeness (QED) is 0.293. The van der Waals surface area contributed by atoms with Crippen LogP contribution in [-0.4, -0.2) is 55.6 Å². The van der Waals surface area contributed by atoms with Gasteiger partial charge in [0.05, 0.1) is 28.7 Å². The summed E-state index contributed by atoms with van der Waals surface area (Å²) in [4.78, 5) is 27.6. The Morgan fingerprint density at radius 1 is 1.09 bits per heavy atom. The highest BCUT2D eigenvalue weighted by Crippen LogP contribution is 2.38. The second-order valence-corrected chi connectivity index (χ2v) is 10.8. The van der Waals surface area contributed by atoms with Crippen molar-refractivity contribution in [3.05, 3.63) is 47.9 Å². The Kier molecular flexibility index (Phi) is 7.89. The molecule has 0 saturated heterocycles. The molecule has 4 rings (SSSR count). The van der Waals surface area contributed by atoms with Crippen LogP contribution in [0.1, 0.15) is 62.1 Å². The maximum atomic E-state index is 13.1. The largest absolute Gasteiger partial charge is 0.392 e. The Morgan fingerprint density at radius 2 is 1.82 bits per heavy atom. The molecule has 182 valence electrons. The van der Waals surface area contributed by atoms with E-state index in [9.17, 15) is 13.2 Å². The van der Waals surface area contributed by atoms with E-state index in [1.165, 1.54) is 25.4 Å². The number of oxime groups is 1. The van der Waals surface area contributed by atoms with Crippen LogP contribution in [0.3, 0.4) is 0 Å². The van der Waals surface area contributed by atoms with Crippen molar-refractivity contribution in [2.24, 2.45) is 5.16 Å². The number of rotatable bonds is 11. The maximum absolute atomic E-state index is 13.1. The van der Waals surface area contributed by atoms with Gasteiger partial charge in [-0.3, -0.25) is 9.78 Å². The van der Waals surface area contributed by atoms with Crippen molar-refractivity contribution < 1.29 is 22.8 Å². The van der Waals surface area contributed by atoms with Crippen LogP contribution in [0.15, 0.2) is 46.7 Å². The number of ether oxygens (including phenoxy) is 1. The number of hydrogen-bond donors (Lipinski definition) is 1. The molecule has 0 bridgehead atoms. The van der Waals surface area contributed by atoms with Crippen molar-refractivity contribution in [3.8, 4) is 0 Å². The molecule has 0 radical (unpaired) electrons. The van der Waals surface area contributed by atoms with Gasteiger partial charge in [-0.2, -0.15) is 0 Å². The molecule has 1 aromatic carbocycles. The maximum Gasteiger partial charge on any atom is 0.279 e. The Morgan fingerprint density at radius 3 is 2.44 bits per heavy atom. The van der Waals surface area contributed by atoms with Gasteiger partial charge in [0.25, 0.3) is 5.91 Å². The Hall–Kier alpha value is -2.85. The molecule has 2 aliphatic rings. The van der Waals surface area contributed by atoms with Crippen molar-refractivity contribution in [1.29, 1.82) is 0 Å². The Balaban J connectivity index is 1.51. The van der Waals surface area contributed by atoms with Crippen LogP contribution in [0.5, 0.6) is 0 Å². The van der Waals surface area contributed by atoms with E-state index in [-0.39, 0.29) is 22.5 Å². The van der Waals surface area contributed by atoms with Crippen molar-refractivity contribution >= 4 is 27.3 Å². The summed E-state index contributed by atoms with van der Waals surface area (Å²) in [6, 6.07) is 6.11. The van der Waals surface area contributed by atoms with Gasteiger partial charge in [0.15, 0.2) is 21.4 Å². The second kappa shape index (κ2) is 11.1. The van der Waals surface area contributed by atoms with E-state index in [4.69, 9.17) is 9.57 Å². The summed E-state index contributed by atoms with van der Waals surface area (Å²) in [7, 11) is -1.91. The van der Waals surface area contributed by atoms with Crippen LogP contribution in [-0.2, 0) is 24.2 Å². The lowest BCUT2D eigenvalue weighted by atomic mass is 10.1. The zero-order valence-electron chi connectivity index (χ0n) is 19.3. The molecule has 9 nitrogen and oxygen atoms in total. The smallest absolute Gasteiger partial charge is 0.279 e. The number of aromatic nitrogens is 2. The molecule has 2 saturated carbocycles. The molecule has 1 amide bonds. The minimum absolute atomic E-state index is 0.0120. The Labute approximate surface area is 199 Å². The van der Waals surface area contributed by atoms with Crippen molar-refractivity contribution in [3.63, 3.8) is 0 Å². The molecule has 2 aromatic rings.